The molecule has 9 heteroatoms. The number of fused-ring (bicyclic) bond motifs is 1. The highest BCUT2D eigenvalue weighted by atomic mass is 35.5. The van der Waals surface area contributed by atoms with Crippen molar-refractivity contribution in [2.45, 2.75) is 31.7 Å². The molecule has 2 aromatic heterocycles. The molecule has 7 nitrogen and oxygen atoms in total. The second-order valence-electron chi connectivity index (χ2n) is 6.52. The molecule has 0 saturated carbocycles. The molecule has 3 heterocycles. The summed E-state index contributed by atoms with van der Waals surface area (Å²) in [7, 11) is -3.62. The summed E-state index contributed by atoms with van der Waals surface area (Å²) in [5.41, 5.74) is 3.60. The summed E-state index contributed by atoms with van der Waals surface area (Å²) in [6.07, 6.45) is 2.25. The second-order valence-corrected chi connectivity index (χ2v) is 8.84. The average Bonchev–Trinajstić information content (AvgIpc) is 3.00. The van der Waals surface area contributed by atoms with Crippen molar-refractivity contribution in [1.29, 1.82) is 0 Å². The van der Waals surface area contributed by atoms with Crippen LogP contribution >= 0.6 is 11.6 Å². The van der Waals surface area contributed by atoms with Crippen LogP contribution in [0.4, 0.5) is 0 Å². The number of hydrogen-bond donors (Lipinski definition) is 1. The third-order valence-corrected chi connectivity index (χ3v) is 7.02. The Morgan fingerprint density at radius 1 is 1.19 bits per heavy atom. The zero-order chi connectivity index (χ0) is 19.2. The largest absolute Gasteiger partial charge is 0.281 e. The van der Waals surface area contributed by atoms with Gasteiger partial charge >= 0.3 is 0 Å². The molecule has 0 saturated heterocycles. The highest BCUT2D eigenvalue weighted by Gasteiger charge is 2.32. The van der Waals surface area contributed by atoms with E-state index in [1.165, 1.54) is 4.31 Å². The van der Waals surface area contributed by atoms with Crippen LogP contribution in [0.1, 0.15) is 22.6 Å². The number of hydrogen-bond acceptors (Lipinski definition) is 5. The molecule has 140 valence electrons. The molecule has 3 aromatic rings. The highest BCUT2D eigenvalue weighted by Crippen LogP contribution is 2.28. The molecule has 1 aromatic carbocycles. The molecule has 0 radical (unpaired) electrons. The van der Waals surface area contributed by atoms with Gasteiger partial charge in [0.15, 0.2) is 5.82 Å². The lowest BCUT2D eigenvalue weighted by Gasteiger charge is -2.27. The molecule has 0 aliphatic carbocycles. The number of rotatable bonds is 3. The van der Waals surface area contributed by atoms with Crippen molar-refractivity contribution in [1.82, 2.24) is 24.5 Å². The molecule has 0 spiro atoms. The molecule has 0 amide bonds. The smallest absolute Gasteiger partial charge is 0.247 e. The Hall–Kier alpha value is -2.29. The average molecular weight is 404 g/mol. The van der Waals surface area contributed by atoms with Crippen LogP contribution in [0.5, 0.6) is 0 Å². The van der Waals surface area contributed by atoms with Gasteiger partial charge in [-0.1, -0.05) is 11.6 Å². The summed E-state index contributed by atoms with van der Waals surface area (Å²) in [6, 6.07) is 7.33. The molecule has 27 heavy (non-hydrogen) atoms. The molecular weight excluding hydrogens is 386 g/mol. The van der Waals surface area contributed by atoms with Gasteiger partial charge in [-0.2, -0.15) is 9.40 Å². The number of aryl methyl sites for hydroxylation is 2. The third-order valence-electron chi connectivity index (χ3n) is 4.66. The standard InChI is InChI=1S/C18H18ClN5O2S/c1-11-17(12(2)23-22-11)27(25,26)24-8-7-16-14(10-24)9-20-18(21-16)13-3-5-15(19)6-4-13/h3-6,9H,7-8,10H2,1-2H3,(H,22,23). The van der Waals surface area contributed by atoms with Gasteiger partial charge in [-0.3, -0.25) is 5.10 Å². The van der Waals surface area contributed by atoms with Crippen LogP contribution < -0.4 is 0 Å². The molecule has 0 unspecified atom stereocenters. The number of benzene rings is 1. The summed E-state index contributed by atoms with van der Waals surface area (Å²) in [5.74, 6) is 0.614. The van der Waals surface area contributed by atoms with Crippen molar-refractivity contribution in [2.75, 3.05) is 6.54 Å². The Labute approximate surface area is 162 Å². The topological polar surface area (TPSA) is 91.8 Å². The van der Waals surface area contributed by atoms with Crippen LogP contribution in [0.3, 0.4) is 0 Å². The van der Waals surface area contributed by atoms with Crippen LogP contribution in [-0.4, -0.2) is 39.4 Å². The number of nitrogens with zero attached hydrogens (tertiary/aromatic N) is 4. The Morgan fingerprint density at radius 2 is 1.93 bits per heavy atom. The fourth-order valence-electron chi connectivity index (χ4n) is 3.28. The van der Waals surface area contributed by atoms with Crippen molar-refractivity contribution in [2.24, 2.45) is 0 Å². The van der Waals surface area contributed by atoms with Crippen molar-refractivity contribution in [3.63, 3.8) is 0 Å². The zero-order valence-corrected chi connectivity index (χ0v) is 16.5. The normalized spacial score (nSPS) is 14.9. The number of sulfonamides is 1. The maximum Gasteiger partial charge on any atom is 0.247 e. The minimum absolute atomic E-state index is 0.253. The van der Waals surface area contributed by atoms with Crippen molar-refractivity contribution in [3.05, 3.63) is 58.1 Å². The lowest BCUT2D eigenvalue weighted by Crippen LogP contribution is -2.37. The van der Waals surface area contributed by atoms with E-state index in [4.69, 9.17) is 11.6 Å². The lowest BCUT2D eigenvalue weighted by atomic mass is 10.1. The fraction of sp³-hybridized carbons (Fsp3) is 0.278. The van der Waals surface area contributed by atoms with Gasteiger partial charge in [-0.15, -0.1) is 0 Å². The Kier molecular flexibility index (Phi) is 4.49. The predicted molar refractivity (Wildman–Crippen MR) is 102 cm³/mol. The number of nitrogens with one attached hydrogen (secondary N) is 1. The Morgan fingerprint density at radius 3 is 2.59 bits per heavy atom. The van der Waals surface area contributed by atoms with Crippen molar-refractivity contribution < 1.29 is 8.42 Å². The van der Waals surface area contributed by atoms with Crippen LogP contribution in [0, 0.1) is 13.8 Å². The van der Waals surface area contributed by atoms with Gasteiger partial charge in [0.1, 0.15) is 4.90 Å². The summed E-state index contributed by atoms with van der Waals surface area (Å²) < 4.78 is 27.5. The van der Waals surface area contributed by atoms with Crippen LogP contribution in [0.15, 0.2) is 35.4 Å². The number of H-pyrrole nitrogens is 1. The van der Waals surface area contributed by atoms with Crippen LogP contribution in [0.2, 0.25) is 5.02 Å². The summed E-state index contributed by atoms with van der Waals surface area (Å²) >= 11 is 5.93. The monoisotopic (exact) mass is 403 g/mol. The molecule has 1 aliphatic heterocycles. The lowest BCUT2D eigenvalue weighted by molar-refractivity contribution is 0.386. The SMILES string of the molecule is Cc1n[nH]c(C)c1S(=O)(=O)N1CCc2nc(-c3ccc(Cl)cc3)ncc2C1. The van der Waals surface area contributed by atoms with Crippen LogP contribution in [0.25, 0.3) is 11.4 Å². The van der Waals surface area contributed by atoms with Gasteiger partial charge in [0.2, 0.25) is 10.0 Å². The van der Waals surface area contributed by atoms with Gasteiger partial charge in [-0.05, 0) is 38.1 Å². The second kappa shape index (κ2) is 6.70. The van der Waals surface area contributed by atoms with E-state index < -0.39 is 10.0 Å². The van der Waals surface area contributed by atoms with Crippen molar-refractivity contribution >= 4 is 21.6 Å². The maximum atomic E-state index is 13.0. The van der Waals surface area contributed by atoms with Crippen molar-refractivity contribution in [3.8, 4) is 11.4 Å². The fourth-order valence-corrected chi connectivity index (χ4v) is 5.16. The van der Waals surface area contributed by atoms with E-state index in [-0.39, 0.29) is 11.4 Å². The minimum Gasteiger partial charge on any atom is -0.281 e. The quantitative estimate of drug-likeness (QED) is 0.725. The first-order valence-electron chi connectivity index (χ1n) is 8.48. The molecular formula is C18H18ClN5O2S. The van der Waals surface area contributed by atoms with E-state index in [2.05, 4.69) is 20.2 Å². The maximum absolute atomic E-state index is 13.0. The molecule has 1 N–H and O–H groups in total. The summed E-state index contributed by atoms with van der Waals surface area (Å²) in [4.78, 5) is 9.30. The van der Waals surface area contributed by atoms with Gasteiger partial charge < -0.3 is 0 Å². The minimum atomic E-state index is -3.62. The Bertz CT molecular complexity index is 1090. The van der Waals surface area contributed by atoms with E-state index in [0.29, 0.717) is 35.2 Å². The molecule has 0 fully saturated rings. The van der Waals surface area contributed by atoms with E-state index in [1.54, 1.807) is 32.2 Å². The van der Waals surface area contributed by atoms with E-state index in [0.717, 1.165) is 16.8 Å². The van der Waals surface area contributed by atoms with Gasteiger partial charge in [-0.25, -0.2) is 18.4 Å². The number of aromatic amines is 1. The first-order chi connectivity index (χ1) is 12.9. The number of halogens is 1. The third kappa shape index (κ3) is 3.24. The van der Waals surface area contributed by atoms with Gasteiger partial charge in [0.05, 0.1) is 17.1 Å². The highest BCUT2D eigenvalue weighted by molar-refractivity contribution is 7.89. The number of aromatic nitrogens is 4. The molecule has 4 rings (SSSR count). The first-order valence-corrected chi connectivity index (χ1v) is 10.3. The summed E-state index contributed by atoms with van der Waals surface area (Å²) in [6.45, 7) is 4.03. The van der Waals surface area contributed by atoms with Gasteiger partial charge in [0, 0.05) is 41.9 Å². The van der Waals surface area contributed by atoms with E-state index >= 15 is 0 Å². The molecule has 0 bridgehead atoms. The summed E-state index contributed by atoms with van der Waals surface area (Å²) in [5, 5.41) is 7.40. The Balaban J connectivity index is 1.63. The molecule has 1 aliphatic rings. The zero-order valence-electron chi connectivity index (χ0n) is 14.9. The predicted octanol–water partition coefficient (Wildman–Crippen LogP) is 2.88. The first kappa shape index (κ1) is 18.1. The van der Waals surface area contributed by atoms with Gasteiger partial charge in [0.25, 0.3) is 0 Å². The van der Waals surface area contributed by atoms with Crippen LogP contribution in [-0.2, 0) is 23.0 Å². The van der Waals surface area contributed by atoms with E-state index in [1.807, 2.05) is 12.1 Å². The van der Waals surface area contributed by atoms with E-state index in [9.17, 15) is 8.42 Å². The molecule has 0 atom stereocenters.